The summed E-state index contributed by atoms with van der Waals surface area (Å²) in [5.74, 6) is -1.66. The molecule has 0 aromatic heterocycles. The Morgan fingerprint density at radius 2 is 1.59 bits per heavy atom. The van der Waals surface area contributed by atoms with E-state index in [1.54, 1.807) is 49.4 Å². The van der Waals surface area contributed by atoms with E-state index in [0.717, 1.165) is 34.1 Å². The molecule has 1 N–H and O–H groups in total. The number of anilines is 1. The van der Waals surface area contributed by atoms with E-state index in [2.05, 4.69) is 5.32 Å². The van der Waals surface area contributed by atoms with Gasteiger partial charge >= 0.3 is 0 Å². The summed E-state index contributed by atoms with van der Waals surface area (Å²) in [4.78, 5) is 27.2. The average molecular weight is 566 g/mol. The molecule has 0 unspecified atom stereocenters. The Labute approximate surface area is 225 Å². The average Bonchev–Trinajstić information content (AvgIpc) is 2.87. The highest BCUT2D eigenvalue weighted by Gasteiger charge is 2.32. The number of benzene rings is 3. The van der Waals surface area contributed by atoms with Gasteiger partial charge in [-0.2, -0.15) is 0 Å². The number of hydrogen-bond acceptors (Lipinski definition) is 4. The lowest BCUT2D eigenvalue weighted by molar-refractivity contribution is -0.139. The fourth-order valence-corrected chi connectivity index (χ4v) is 5.33. The van der Waals surface area contributed by atoms with Gasteiger partial charge in [0.25, 0.3) is 10.0 Å². The molecule has 0 radical (unpaired) electrons. The zero-order valence-electron chi connectivity index (χ0n) is 20.4. The number of sulfonamides is 1. The number of carbonyl (C=O) groups is 2. The first kappa shape index (κ1) is 28.4. The molecule has 3 aromatic rings. The van der Waals surface area contributed by atoms with Gasteiger partial charge in [-0.3, -0.25) is 13.9 Å². The molecule has 3 rings (SSSR count). The Balaban J connectivity index is 2.03. The zero-order valence-corrected chi connectivity index (χ0v) is 22.7. The van der Waals surface area contributed by atoms with Crippen molar-refractivity contribution in [1.29, 1.82) is 0 Å². The first-order valence-electron chi connectivity index (χ1n) is 11.2. The standard InChI is InChI=1S/C26H26Cl2FN3O4S/c1-17-4-9-21(10-5-17)32(37(35,36)22-11-7-20(29)8-12-22)16-25(33)31(18(2)26(34)30-3)15-19-6-13-23(27)24(28)14-19/h4-14,18H,15-16H2,1-3H3,(H,30,34)/t18-/m0/s1. The molecule has 0 spiro atoms. The molecule has 3 aromatic carbocycles. The molecule has 11 heteroatoms. The van der Waals surface area contributed by atoms with Crippen molar-refractivity contribution in [3.05, 3.63) is 93.7 Å². The third-order valence-corrected chi connectivity index (χ3v) is 8.28. The monoisotopic (exact) mass is 565 g/mol. The van der Waals surface area contributed by atoms with Crippen LogP contribution in [0.4, 0.5) is 10.1 Å². The number of halogens is 3. The van der Waals surface area contributed by atoms with Crippen LogP contribution in [-0.4, -0.2) is 44.8 Å². The summed E-state index contributed by atoms with van der Waals surface area (Å²) in [7, 11) is -2.83. The Hall–Kier alpha value is -3.14. The van der Waals surface area contributed by atoms with E-state index in [1.807, 2.05) is 6.92 Å². The summed E-state index contributed by atoms with van der Waals surface area (Å²) < 4.78 is 41.7. The lowest BCUT2D eigenvalue weighted by atomic mass is 10.1. The molecular weight excluding hydrogens is 540 g/mol. The number of likely N-dealkylation sites (N-methyl/N-ethyl adjacent to an activating group) is 1. The number of hydrogen-bond donors (Lipinski definition) is 1. The van der Waals surface area contributed by atoms with Crippen molar-refractivity contribution in [2.75, 3.05) is 17.9 Å². The summed E-state index contributed by atoms with van der Waals surface area (Å²) in [5, 5.41) is 3.12. The van der Waals surface area contributed by atoms with Gasteiger partial charge in [-0.15, -0.1) is 0 Å². The van der Waals surface area contributed by atoms with Gasteiger partial charge in [0.15, 0.2) is 0 Å². The molecule has 0 saturated heterocycles. The second-order valence-electron chi connectivity index (χ2n) is 8.36. The molecule has 196 valence electrons. The third-order valence-electron chi connectivity index (χ3n) is 5.75. The molecule has 0 aliphatic heterocycles. The van der Waals surface area contributed by atoms with Gasteiger partial charge in [-0.25, -0.2) is 12.8 Å². The first-order chi connectivity index (χ1) is 17.4. The van der Waals surface area contributed by atoms with Gasteiger partial charge in [0, 0.05) is 13.6 Å². The van der Waals surface area contributed by atoms with Crippen molar-refractivity contribution in [2.24, 2.45) is 0 Å². The highest BCUT2D eigenvalue weighted by atomic mass is 35.5. The van der Waals surface area contributed by atoms with Crippen LogP contribution in [-0.2, 0) is 26.2 Å². The fourth-order valence-electron chi connectivity index (χ4n) is 3.60. The second-order valence-corrected chi connectivity index (χ2v) is 11.0. The van der Waals surface area contributed by atoms with E-state index in [4.69, 9.17) is 23.2 Å². The molecule has 1 atom stereocenters. The molecule has 0 aliphatic carbocycles. The molecule has 0 heterocycles. The molecule has 0 fully saturated rings. The van der Waals surface area contributed by atoms with Crippen molar-refractivity contribution in [1.82, 2.24) is 10.2 Å². The minimum Gasteiger partial charge on any atom is -0.357 e. The van der Waals surface area contributed by atoms with Crippen LogP contribution in [0, 0.1) is 12.7 Å². The van der Waals surface area contributed by atoms with Crippen molar-refractivity contribution >= 4 is 50.7 Å². The molecule has 0 saturated carbocycles. The normalized spacial score (nSPS) is 12.1. The minimum atomic E-state index is -4.27. The molecule has 0 bridgehead atoms. The van der Waals surface area contributed by atoms with Gasteiger partial charge in [0.2, 0.25) is 11.8 Å². The maximum absolute atomic E-state index is 13.7. The van der Waals surface area contributed by atoms with Crippen molar-refractivity contribution < 1.29 is 22.4 Å². The molecular formula is C26H26Cl2FN3O4S. The summed E-state index contributed by atoms with van der Waals surface area (Å²) in [5.41, 5.74) is 1.73. The maximum Gasteiger partial charge on any atom is 0.264 e. The molecule has 7 nitrogen and oxygen atoms in total. The van der Waals surface area contributed by atoms with E-state index < -0.39 is 40.2 Å². The van der Waals surface area contributed by atoms with E-state index in [1.165, 1.54) is 11.9 Å². The van der Waals surface area contributed by atoms with Crippen LogP contribution >= 0.6 is 23.2 Å². The van der Waals surface area contributed by atoms with Gasteiger partial charge in [0.05, 0.1) is 20.6 Å². The smallest absolute Gasteiger partial charge is 0.264 e. The third kappa shape index (κ3) is 6.80. The predicted molar refractivity (Wildman–Crippen MR) is 143 cm³/mol. The number of amides is 2. The number of nitrogens with one attached hydrogen (secondary N) is 1. The summed E-state index contributed by atoms with van der Waals surface area (Å²) in [6, 6.07) is 14.8. The van der Waals surface area contributed by atoms with Crippen molar-refractivity contribution in [2.45, 2.75) is 31.3 Å². The van der Waals surface area contributed by atoms with Crippen LogP contribution in [0.2, 0.25) is 10.0 Å². The molecule has 0 aliphatic rings. The van der Waals surface area contributed by atoms with Gasteiger partial charge in [-0.05, 0) is 67.9 Å². The van der Waals surface area contributed by atoms with Gasteiger partial charge in [0.1, 0.15) is 18.4 Å². The van der Waals surface area contributed by atoms with E-state index in [0.29, 0.717) is 10.6 Å². The summed E-state index contributed by atoms with van der Waals surface area (Å²) in [6.07, 6.45) is 0. The van der Waals surface area contributed by atoms with Crippen LogP contribution in [0.3, 0.4) is 0 Å². The van der Waals surface area contributed by atoms with Crippen LogP contribution in [0.25, 0.3) is 0 Å². The number of nitrogens with zero attached hydrogens (tertiary/aromatic N) is 2. The van der Waals surface area contributed by atoms with E-state index >= 15 is 0 Å². The SMILES string of the molecule is CNC(=O)[C@H](C)N(Cc1ccc(Cl)c(Cl)c1)C(=O)CN(c1ccc(C)cc1)S(=O)(=O)c1ccc(F)cc1. The van der Waals surface area contributed by atoms with Gasteiger partial charge < -0.3 is 10.2 Å². The lowest BCUT2D eigenvalue weighted by Crippen LogP contribution is -2.50. The van der Waals surface area contributed by atoms with Crippen LogP contribution < -0.4 is 9.62 Å². The summed E-state index contributed by atoms with van der Waals surface area (Å²) in [6.45, 7) is 2.75. The fraction of sp³-hybridized carbons (Fsp3) is 0.231. The molecule has 37 heavy (non-hydrogen) atoms. The zero-order chi connectivity index (χ0) is 27.3. The van der Waals surface area contributed by atoms with E-state index in [9.17, 15) is 22.4 Å². The van der Waals surface area contributed by atoms with Crippen molar-refractivity contribution in [3.8, 4) is 0 Å². The van der Waals surface area contributed by atoms with Crippen LogP contribution in [0.15, 0.2) is 71.6 Å². The van der Waals surface area contributed by atoms with Crippen molar-refractivity contribution in [3.63, 3.8) is 0 Å². The topological polar surface area (TPSA) is 86.8 Å². The Morgan fingerprint density at radius 1 is 0.973 bits per heavy atom. The number of carbonyl (C=O) groups excluding carboxylic acids is 2. The Kier molecular flexibility index (Phi) is 9.17. The largest absolute Gasteiger partial charge is 0.357 e. The summed E-state index contributed by atoms with van der Waals surface area (Å²) >= 11 is 12.1. The highest BCUT2D eigenvalue weighted by Crippen LogP contribution is 2.26. The maximum atomic E-state index is 13.7. The van der Waals surface area contributed by atoms with E-state index in [-0.39, 0.29) is 22.2 Å². The molecule has 2 amide bonds. The van der Waals surface area contributed by atoms with Gasteiger partial charge in [-0.1, -0.05) is 47.0 Å². The predicted octanol–water partition coefficient (Wildman–Crippen LogP) is 4.80. The highest BCUT2D eigenvalue weighted by molar-refractivity contribution is 7.92. The second kappa shape index (κ2) is 11.9. The minimum absolute atomic E-state index is 0.0252. The Morgan fingerprint density at radius 3 is 2.16 bits per heavy atom. The number of rotatable bonds is 9. The first-order valence-corrected chi connectivity index (χ1v) is 13.4. The van der Waals surface area contributed by atoms with Crippen LogP contribution in [0.1, 0.15) is 18.1 Å². The lowest BCUT2D eigenvalue weighted by Gasteiger charge is -2.31. The number of aryl methyl sites for hydroxylation is 1. The quantitative estimate of drug-likeness (QED) is 0.403. The van der Waals surface area contributed by atoms with Crippen LogP contribution in [0.5, 0.6) is 0 Å². The Bertz CT molecular complexity index is 1380.